The van der Waals surface area contributed by atoms with Gasteiger partial charge in [-0.3, -0.25) is 19.2 Å². The van der Waals surface area contributed by atoms with Crippen molar-refractivity contribution in [1.82, 2.24) is 9.97 Å². The summed E-state index contributed by atoms with van der Waals surface area (Å²) < 4.78 is 46.1. The molecule has 2 fully saturated rings. The van der Waals surface area contributed by atoms with Crippen molar-refractivity contribution >= 4 is 79.6 Å². The van der Waals surface area contributed by atoms with Gasteiger partial charge in [-0.2, -0.15) is 5.10 Å². The number of aromatic nitrogens is 2. The Morgan fingerprint density at radius 1 is 0.545 bits per heavy atom. The van der Waals surface area contributed by atoms with Crippen molar-refractivity contribution in [3.8, 4) is 34.5 Å². The normalized spacial score (nSPS) is 16.5. The number of nitrogens with zero attached hydrogens (tertiary/aromatic N) is 4. The maximum absolute atomic E-state index is 14.4. The molecule has 0 spiro atoms. The molecule has 0 atom stereocenters. The molecule has 0 bridgehead atoms. The lowest BCUT2D eigenvalue weighted by molar-refractivity contribution is -0.145. The number of unbranched alkanes of at least 4 members (excludes halogenated alkanes) is 9. The van der Waals surface area contributed by atoms with Crippen LogP contribution in [-0.2, 0) is 38.2 Å². The molecule has 0 amide bonds. The minimum Gasteiger partial charge on any atom is -0.494 e. The van der Waals surface area contributed by atoms with E-state index in [9.17, 15) is 28.8 Å². The molecule has 0 N–H and O–H groups in total. The fourth-order valence-corrected chi connectivity index (χ4v) is 11.5. The molecule has 0 saturated heterocycles. The molecule has 0 aliphatic heterocycles. The van der Waals surface area contributed by atoms with Crippen LogP contribution in [0, 0.1) is 23.7 Å². The van der Waals surface area contributed by atoms with Crippen molar-refractivity contribution in [3.63, 3.8) is 0 Å². The number of hydrogen-bond donors (Lipinski definition) is 0. The number of carbonyl (C=O) groups is 6. The zero-order valence-electron chi connectivity index (χ0n) is 50.3. The van der Waals surface area contributed by atoms with Crippen LogP contribution in [-0.4, -0.2) is 85.0 Å². The Morgan fingerprint density at radius 2 is 1.01 bits per heavy atom. The standard InChI is InChI=1S/C69H80N4O14S/c1-4-7-8-15-41-73(69-72-59-23-20-40-70-64(59)88-69)71-47-52-46-60(86-67(78)50-28-24-48(25-29-50)65(76)84-55-36-32-53(33-37-55)80-42-16-9-11-18-44-82-61(74)5-2)57-21-13-14-22-58(57)63(52)87-68(79)51-30-26-49(27-31-51)66(77)85-56-38-34-54(35-39-56)81-43-17-10-12-19-45-83-62(75)6-3/h5-6,13-14,20-23,32-40,46-51H,2-4,7-12,15-19,24-31,41-45H2,1H3/b71-47+. The first-order chi connectivity index (χ1) is 43.0. The molecule has 8 rings (SSSR count). The summed E-state index contributed by atoms with van der Waals surface area (Å²) in [5.41, 5.74) is 1.16. The Labute approximate surface area is 518 Å². The first-order valence-electron chi connectivity index (χ1n) is 31.0. The van der Waals surface area contributed by atoms with Crippen molar-refractivity contribution in [2.75, 3.05) is 38.0 Å². The van der Waals surface area contributed by atoms with Gasteiger partial charge in [0.15, 0.2) is 0 Å². The van der Waals surface area contributed by atoms with Crippen molar-refractivity contribution in [2.45, 2.75) is 135 Å². The Kier molecular flexibility index (Phi) is 25.9. The predicted molar refractivity (Wildman–Crippen MR) is 337 cm³/mol. The van der Waals surface area contributed by atoms with Gasteiger partial charge >= 0.3 is 35.8 Å². The van der Waals surface area contributed by atoms with E-state index in [4.69, 9.17) is 48.0 Å². The highest BCUT2D eigenvalue weighted by atomic mass is 32.1. The highest BCUT2D eigenvalue weighted by Crippen LogP contribution is 2.40. The summed E-state index contributed by atoms with van der Waals surface area (Å²) in [6.07, 6.45) is 19.9. The minimum absolute atomic E-state index is 0.258. The van der Waals surface area contributed by atoms with Crippen molar-refractivity contribution < 1.29 is 66.7 Å². The lowest BCUT2D eigenvalue weighted by Gasteiger charge is -2.27. The molecule has 4 aromatic carbocycles. The first kappa shape index (κ1) is 65.5. The topological polar surface area (TPSA) is 218 Å². The van der Waals surface area contributed by atoms with Gasteiger partial charge in [0.2, 0.25) is 5.13 Å². The van der Waals surface area contributed by atoms with Crippen LogP contribution in [0.4, 0.5) is 5.13 Å². The monoisotopic (exact) mass is 1220 g/mol. The average molecular weight is 1220 g/mol. The fourth-order valence-electron chi connectivity index (χ4n) is 10.6. The highest BCUT2D eigenvalue weighted by Gasteiger charge is 2.35. The molecule has 2 aliphatic rings. The number of benzene rings is 4. The molecule has 6 aromatic rings. The molecule has 2 aromatic heterocycles. The van der Waals surface area contributed by atoms with Gasteiger partial charge in [-0.25, -0.2) is 24.6 Å². The third-order valence-electron chi connectivity index (χ3n) is 15.6. The lowest BCUT2D eigenvalue weighted by Crippen LogP contribution is -2.31. The van der Waals surface area contributed by atoms with Gasteiger partial charge in [-0.15, -0.1) is 0 Å². The second-order valence-electron chi connectivity index (χ2n) is 22.1. The average Bonchev–Trinajstić information content (AvgIpc) is 3.05. The van der Waals surface area contributed by atoms with Crippen LogP contribution >= 0.6 is 11.3 Å². The number of anilines is 1. The van der Waals surface area contributed by atoms with E-state index >= 15 is 0 Å². The van der Waals surface area contributed by atoms with Gasteiger partial charge in [-0.1, -0.05) is 74.9 Å². The Hall–Kier alpha value is -8.45. The minimum atomic E-state index is -0.504. The Balaban J connectivity index is 0.889. The maximum Gasteiger partial charge on any atom is 0.330 e. The molecule has 18 nitrogen and oxygen atoms in total. The summed E-state index contributed by atoms with van der Waals surface area (Å²) in [6.45, 7) is 11.3. The number of hydrazone groups is 1. The van der Waals surface area contributed by atoms with Gasteiger partial charge in [0, 0.05) is 41.2 Å². The molecule has 2 aliphatic carbocycles. The van der Waals surface area contributed by atoms with Gasteiger partial charge in [0.25, 0.3) is 0 Å². The molecule has 0 radical (unpaired) electrons. The van der Waals surface area contributed by atoms with Crippen LogP contribution in [0.15, 0.2) is 128 Å². The molecular weight excluding hydrogens is 1140 g/mol. The van der Waals surface area contributed by atoms with Gasteiger partial charge < -0.3 is 37.9 Å². The molecule has 88 heavy (non-hydrogen) atoms. The molecule has 2 heterocycles. The number of fused-ring (bicyclic) bond motifs is 2. The number of pyridine rings is 1. The largest absolute Gasteiger partial charge is 0.494 e. The fraction of sp³-hybridized carbons (Fsp3) is 0.435. The van der Waals surface area contributed by atoms with Crippen LogP contribution < -0.4 is 33.4 Å². The van der Waals surface area contributed by atoms with E-state index < -0.39 is 47.5 Å². The van der Waals surface area contributed by atoms with Crippen molar-refractivity contribution in [1.29, 1.82) is 0 Å². The third-order valence-corrected chi connectivity index (χ3v) is 16.6. The summed E-state index contributed by atoms with van der Waals surface area (Å²) >= 11 is 1.43. The maximum atomic E-state index is 14.4. The van der Waals surface area contributed by atoms with E-state index in [1.165, 1.54) is 11.3 Å². The van der Waals surface area contributed by atoms with E-state index in [2.05, 4.69) is 25.1 Å². The van der Waals surface area contributed by atoms with Gasteiger partial charge in [0.05, 0.1) is 56.3 Å². The zero-order chi connectivity index (χ0) is 61.9. The quantitative estimate of drug-likeness (QED) is 0.00916. The summed E-state index contributed by atoms with van der Waals surface area (Å²) in [4.78, 5) is 88.0. The van der Waals surface area contributed by atoms with Crippen molar-refractivity contribution in [2.24, 2.45) is 28.8 Å². The Bertz CT molecular complexity index is 3280. The summed E-state index contributed by atoms with van der Waals surface area (Å²) in [7, 11) is 0. The number of hydrogen-bond acceptors (Lipinski definition) is 19. The van der Waals surface area contributed by atoms with Gasteiger partial charge in [0.1, 0.15) is 44.8 Å². The van der Waals surface area contributed by atoms with E-state index in [0.29, 0.717) is 129 Å². The highest BCUT2D eigenvalue weighted by molar-refractivity contribution is 7.21. The third kappa shape index (κ3) is 20.0. The smallest absolute Gasteiger partial charge is 0.330 e. The number of carbonyl (C=O) groups excluding carboxylic acids is 6. The summed E-state index contributed by atoms with van der Waals surface area (Å²) in [6, 6.07) is 26.7. The first-order valence-corrected chi connectivity index (χ1v) is 31.8. The Morgan fingerprint density at radius 3 is 1.51 bits per heavy atom. The molecule has 2 saturated carbocycles. The molecule has 19 heteroatoms. The van der Waals surface area contributed by atoms with E-state index in [1.54, 1.807) is 67.0 Å². The second-order valence-corrected chi connectivity index (χ2v) is 23.0. The predicted octanol–water partition coefficient (Wildman–Crippen LogP) is 14.2. The lowest BCUT2D eigenvalue weighted by atomic mass is 9.82. The number of rotatable bonds is 34. The van der Waals surface area contributed by atoms with Crippen LogP contribution in [0.3, 0.4) is 0 Å². The number of ether oxygens (including phenoxy) is 8. The van der Waals surface area contributed by atoms with E-state index in [-0.39, 0.29) is 23.4 Å². The van der Waals surface area contributed by atoms with E-state index in [0.717, 1.165) is 99.5 Å². The van der Waals surface area contributed by atoms with E-state index in [1.807, 2.05) is 41.4 Å². The van der Waals surface area contributed by atoms with Crippen LogP contribution in [0.5, 0.6) is 34.5 Å². The zero-order valence-corrected chi connectivity index (χ0v) is 51.1. The number of thiazole rings is 1. The summed E-state index contributed by atoms with van der Waals surface area (Å²) in [5.74, 6) is -1.55. The summed E-state index contributed by atoms with van der Waals surface area (Å²) in [5, 5.41) is 8.60. The molecule has 0 unspecified atom stereocenters. The second kappa shape index (κ2) is 34.8. The van der Waals surface area contributed by atoms with Crippen LogP contribution in [0.1, 0.15) is 141 Å². The molecule has 466 valence electrons. The van der Waals surface area contributed by atoms with Crippen LogP contribution in [0.2, 0.25) is 0 Å². The van der Waals surface area contributed by atoms with Crippen LogP contribution in [0.25, 0.3) is 21.1 Å². The SMILES string of the molecule is C=CC(=O)OCCCCCCOc1ccc(OC(=O)C2CCC(C(=O)Oc3cc(/C=N/N(CCCCCC)c4nc5cccnc5s4)c(OC(=O)C4CCC(C(=O)Oc5ccc(OCCCCCCOC(=O)C=C)cc5)CC4)c4ccccc34)CC2)cc1. The van der Waals surface area contributed by atoms with Gasteiger partial charge in [-0.05, 0) is 176 Å². The van der Waals surface area contributed by atoms with Crippen molar-refractivity contribution in [3.05, 3.63) is 128 Å². The number of esters is 6. The molecular formula is C69H80N4O14S.